The molecule has 1 aromatic carbocycles. The molecule has 0 atom stereocenters. The van der Waals surface area contributed by atoms with E-state index in [0.29, 0.717) is 0 Å². The first-order chi connectivity index (χ1) is 13.5. The highest BCUT2D eigenvalue weighted by Gasteiger charge is 2.26. The van der Waals surface area contributed by atoms with Crippen molar-refractivity contribution in [2.45, 2.75) is 27.3 Å². The van der Waals surface area contributed by atoms with Crippen molar-refractivity contribution in [1.82, 2.24) is 19.5 Å². The third-order valence-electron chi connectivity index (χ3n) is 5.39. The fourth-order valence-electron chi connectivity index (χ4n) is 3.94. The molecule has 1 aliphatic rings. The average molecular weight is 378 g/mol. The normalized spacial score (nSPS) is 15.2. The van der Waals surface area contributed by atoms with E-state index in [9.17, 15) is 4.79 Å². The molecular formula is C22H26N4O2. The van der Waals surface area contributed by atoms with E-state index in [4.69, 9.17) is 4.52 Å². The van der Waals surface area contributed by atoms with Gasteiger partial charge in [0, 0.05) is 49.3 Å². The van der Waals surface area contributed by atoms with Crippen LogP contribution in [-0.4, -0.2) is 51.6 Å². The van der Waals surface area contributed by atoms with Crippen LogP contribution in [0, 0.1) is 20.8 Å². The lowest BCUT2D eigenvalue weighted by molar-refractivity contribution is 0.0617. The molecule has 2 aromatic heterocycles. The SMILES string of the molecule is Cc1cc(CN2CCN(C(=O)c3cc(C)n(-c4ccccc4)c3C)CC2)on1. The number of benzene rings is 1. The predicted molar refractivity (Wildman–Crippen MR) is 108 cm³/mol. The van der Waals surface area contributed by atoms with Gasteiger partial charge in [0.25, 0.3) is 5.91 Å². The maximum Gasteiger partial charge on any atom is 0.255 e. The topological polar surface area (TPSA) is 54.5 Å². The lowest BCUT2D eigenvalue weighted by Gasteiger charge is -2.34. The molecule has 1 saturated heterocycles. The van der Waals surface area contributed by atoms with Gasteiger partial charge < -0.3 is 14.0 Å². The molecule has 1 fully saturated rings. The molecule has 146 valence electrons. The molecule has 0 saturated carbocycles. The summed E-state index contributed by atoms with van der Waals surface area (Å²) in [5, 5.41) is 3.94. The quantitative estimate of drug-likeness (QED) is 0.699. The number of hydrogen-bond donors (Lipinski definition) is 0. The van der Waals surface area contributed by atoms with Crippen LogP contribution in [0.25, 0.3) is 5.69 Å². The largest absolute Gasteiger partial charge is 0.360 e. The summed E-state index contributed by atoms with van der Waals surface area (Å²) in [6.07, 6.45) is 0. The van der Waals surface area contributed by atoms with E-state index < -0.39 is 0 Å². The van der Waals surface area contributed by atoms with Crippen LogP contribution < -0.4 is 0 Å². The number of amides is 1. The van der Waals surface area contributed by atoms with Gasteiger partial charge in [0.15, 0.2) is 5.76 Å². The van der Waals surface area contributed by atoms with Crippen LogP contribution in [0.2, 0.25) is 0 Å². The number of piperazine rings is 1. The summed E-state index contributed by atoms with van der Waals surface area (Å²) in [6.45, 7) is 9.86. The number of para-hydroxylation sites is 1. The third kappa shape index (κ3) is 3.60. The van der Waals surface area contributed by atoms with Crippen LogP contribution in [0.1, 0.15) is 33.2 Å². The first-order valence-electron chi connectivity index (χ1n) is 9.71. The molecule has 0 bridgehead atoms. The van der Waals surface area contributed by atoms with Crippen molar-refractivity contribution < 1.29 is 9.32 Å². The van der Waals surface area contributed by atoms with Gasteiger partial charge in [-0.1, -0.05) is 23.4 Å². The second-order valence-electron chi connectivity index (χ2n) is 7.46. The Morgan fingerprint density at radius 3 is 2.39 bits per heavy atom. The van der Waals surface area contributed by atoms with E-state index in [1.54, 1.807) is 0 Å². The fourth-order valence-corrected chi connectivity index (χ4v) is 3.94. The standard InChI is InChI=1S/C22H26N4O2/c1-16-13-20(28-23-16)15-24-9-11-25(12-10-24)22(27)21-14-17(2)26(18(21)3)19-7-5-4-6-8-19/h4-8,13-14H,9-12,15H2,1-3H3. The minimum Gasteiger partial charge on any atom is -0.360 e. The summed E-state index contributed by atoms with van der Waals surface area (Å²) < 4.78 is 7.46. The molecule has 3 heterocycles. The van der Waals surface area contributed by atoms with Gasteiger partial charge in [-0.2, -0.15) is 0 Å². The summed E-state index contributed by atoms with van der Waals surface area (Å²) in [5.74, 6) is 0.995. The minimum atomic E-state index is 0.116. The van der Waals surface area contributed by atoms with Crippen molar-refractivity contribution in [1.29, 1.82) is 0 Å². The van der Waals surface area contributed by atoms with Crippen LogP contribution >= 0.6 is 0 Å². The lowest BCUT2D eigenvalue weighted by atomic mass is 10.2. The van der Waals surface area contributed by atoms with Gasteiger partial charge in [-0.25, -0.2) is 0 Å². The molecule has 3 aromatic rings. The summed E-state index contributed by atoms with van der Waals surface area (Å²) >= 11 is 0. The van der Waals surface area contributed by atoms with Crippen molar-refractivity contribution in [2.24, 2.45) is 0 Å². The molecule has 6 nitrogen and oxygen atoms in total. The zero-order chi connectivity index (χ0) is 19.7. The average Bonchev–Trinajstić information content (AvgIpc) is 3.24. The van der Waals surface area contributed by atoms with E-state index in [0.717, 1.165) is 66.8 Å². The van der Waals surface area contributed by atoms with Crippen molar-refractivity contribution in [3.63, 3.8) is 0 Å². The molecule has 0 spiro atoms. The molecule has 6 heteroatoms. The zero-order valence-corrected chi connectivity index (χ0v) is 16.7. The first-order valence-corrected chi connectivity index (χ1v) is 9.71. The maximum absolute atomic E-state index is 13.2. The Kier molecular flexibility index (Phi) is 5.05. The van der Waals surface area contributed by atoms with E-state index in [-0.39, 0.29) is 5.91 Å². The Labute approximate surface area is 165 Å². The summed E-state index contributed by atoms with van der Waals surface area (Å²) in [4.78, 5) is 17.4. The van der Waals surface area contributed by atoms with E-state index in [1.807, 2.05) is 56.0 Å². The molecule has 4 rings (SSSR count). The highest BCUT2D eigenvalue weighted by Crippen LogP contribution is 2.22. The van der Waals surface area contributed by atoms with Crippen molar-refractivity contribution >= 4 is 5.91 Å². The molecule has 0 aliphatic carbocycles. The van der Waals surface area contributed by atoms with Gasteiger partial charge in [-0.05, 0) is 39.0 Å². The van der Waals surface area contributed by atoms with E-state index >= 15 is 0 Å². The first kappa shape index (κ1) is 18.5. The Balaban J connectivity index is 1.44. The number of aryl methyl sites for hydroxylation is 2. The summed E-state index contributed by atoms with van der Waals surface area (Å²) in [7, 11) is 0. The Hall–Kier alpha value is -2.86. The van der Waals surface area contributed by atoms with Crippen molar-refractivity contribution in [3.8, 4) is 5.69 Å². The van der Waals surface area contributed by atoms with Crippen LogP contribution in [0.3, 0.4) is 0 Å². The zero-order valence-electron chi connectivity index (χ0n) is 16.7. The molecule has 1 amide bonds. The van der Waals surface area contributed by atoms with Gasteiger partial charge in [0.1, 0.15) is 0 Å². The van der Waals surface area contributed by atoms with Gasteiger partial charge >= 0.3 is 0 Å². The predicted octanol–water partition coefficient (Wildman–Crippen LogP) is 3.35. The maximum atomic E-state index is 13.2. The second kappa shape index (κ2) is 7.64. The Morgan fingerprint density at radius 1 is 1.04 bits per heavy atom. The summed E-state index contributed by atoms with van der Waals surface area (Å²) in [5.41, 5.74) is 4.85. The summed E-state index contributed by atoms with van der Waals surface area (Å²) in [6, 6.07) is 14.2. The van der Waals surface area contributed by atoms with Crippen molar-refractivity contribution in [2.75, 3.05) is 26.2 Å². The fraction of sp³-hybridized carbons (Fsp3) is 0.364. The van der Waals surface area contributed by atoms with E-state index in [1.165, 1.54) is 0 Å². The molecule has 0 radical (unpaired) electrons. The van der Waals surface area contributed by atoms with Gasteiger partial charge in [0.05, 0.1) is 17.8 Å². The highest BCUT2D eigenvalue weighted by atomic mass is 16.5. The van der Waals surface area contributed by atoms with Crippen LogP contribution in [0.15, 0.2) is 47.0 Å². The van der Waals surface area contributed by atoms with Crippen molar-refractivity contribution in [3.05, 3.63) is 70.9 Å². The molecule has 1 aliphatic heterocycles. The van der Waals surface area contributed by atoms with Gasteiger partial charge in [-0.3, -0.25) is 9.69 Å². The lowest BCUT2D eigenvalue weighted by Crippen LogP contribution is -2.48. The monoisotopic (exact) mass is 378 g/mol. The number of aromatic nitrogens is 2. The second-order valence-corrected chi connectivity index (χ2v) is 7.46. The van der Waals surface area contributed by atoms with E-state index in [2.05, 4.69) is 26.8 Å². The number of rotatable bonds is 4. The van der Waals surface area contributed by atoms with Gasteiger partial charge in [-0.15, -0.1) is 0 Å². The number of nitrogens with zero attached hydrogens (tertiary/aromatic N) is 4. The van der Waals surface area contributed by atoms with Gasteiger partial charge in [0.2, 0.25) is 0 Å². The Bertz CT molecular complexity index is 966. The van der Waals surface area contributed by atoms with Crippen LogP contribution in [-0.2, 0) is 6.54 Å². The Morgan fingerprint density at radius 2 is 1.75 bits per heavy atom. The molecule has 0 N–H and O–H groups in total. The number of carbonyl (C=O) groups excluding carboxylic acids is 1. The molecule has 28 heavy (non-hydrogen) atoms. The number of carbonyl (C=O) groups is 1. The molecule has 0 unspecified atom stereocenters. The third-order valence-corrected chi connectivity index (χ3v) is 5.39. The number of hydrogen-bond acceptors (Lipinski definition) is 4. The highest BCUT2D eigenvalue weighted by molar-refractivity contribution is 5.96. The van der Waals surface area contributed by atoms with Crippen LogP contribution in [0.5, 0.6) is 0 Å². The van der Waals surface area contributed by atoms with Crippen LogP contribution in [0.4, 0.5) is 0 Å². The minimum absolute atomic E-state index is 0.116. The smallest absolute Gasteiger partial charge is 0.255 e. The molecular weight excluding hydrogens is 352 g/mol.